The van der Waals surface area contributed by atoms with Crippen LogP contribution in [0.25, 0.3) is 0 Å². The van der Waals surface area contributed by atoms with Gasteiger partial charge < -0.3 is 10.1 Å². The lowest BCUT2D eigenvalue weighted by atomic mass is 10.1. The fraction of sp³-hybridized carbons (Fsp3) is 0.900. The molecule has 2 unspecified atom stereocenters. The van der Waals surface area contributed by atoms with Crippen LogP contribution in [0, 0.1) is 5.92 Å². The number of alkyl halides is 4. The second kappa shape index (κ2) is 6.44. The summed E-state index contributed by atoms with van der Waals surface area (Å²) < 4.78 is 39.5. The monoisotopic (exact) mass is 273 g/mol. The number of rotatable bonds is 5. The van der Waals surface area contributed by atoms with Crippen molar-refractivity contribution < 1.29 is 22.7 Å². The van der Waals surface area contributed by atoms with Crippen molar-refractivity contribution in [1.82, 2.24) is 5.32 Å². The number of carbonyl (C=O) groups excluding carboxylic acids is 1. The standard InChI is InChI=1S/C10H15ClF3NO2/c11-4-7-2-1-3-8(7)15-9(16)5-17-6-10(12,13)14/h7-8H,1-6H2,(H,15,16). The first kappa shape index (κ1) is 14.6. The molecule has 0 bridgehead atoms. The van der Waals surface area contributed by atoms with Gasteiger partial charge >= 0.3 is 6.18 Å². The van der Waals surface area contributed by atoms with Gasteiger partial charge in [-0.15, -0.1) is 11.6 Å². The van der Waals surface area contributed by atoms with Gasteiger partial charge in [0, 0.05) is 11.9 Å². The molecule has 7 heteroatoms. The summed E-state index contributed by atoms with van der Waals surface area (Å²) in [5, 5.41) is 2.65. The van der Waals surface area contributed by atoms with Crippen molar-refractivity contribution in [3.05, 3.63) is 0 Å². The molecule has 1 aliphatic carbocycles. The van der Waals surface area contributed by atoms with Crippen molar-refractivity contribution in [2.24, 2.45) is 5.92 Å². The molecule has 3 nitrogen and oxygen atoms in total. The molecule has 0 heterocycles. The van der Waals surface area contributed by atoms with E-state index >= 15 is 0 Å². The first-order valence-corrected chi connectivity index (χ1v) is 5.95. The van der Waals surface area contributed by atoms with Crippen LogP contribution < -0.4 is 5.32 Å². The summed E-state index contributed by atoms with van der Waals surface area (Å²) in [7, 11) is 0. The van der Waals surface area contributed by atoms with Gasteiger partial charge in [0.15, 0.2) is 0 Å². The lowest BCUT2D eigenvalue weighted by molar-refractivity contribution is -0.175. The number of hydrogen-bond donors (Lipinski definition) is 1. The first-order valence-electron chi connectivity index (χ1n) is 5.42. The maximum atomic E-state index is 11.8. The molecule has 0 aliphatic heterocycles. The van der Waals surface area contributed by atoms with Crippen LogP contribution in [-0.2, 0) is 9.53 Å². The Morgan fingerprint density at radius 3 is 2.71 bits per heavy atom. The lowest BCUT2D eigenvalue weighted by Gasteiger charge is -2.18. The molecule has 0 aromatic rings. The molecule has 2 atom stereocenters. The molecule has 0 aromatic heterocycles. The SMILES string of the molecule is O=C(COCC(F)(F)F)NC1CCCC1CCl. The average molecular weight is 274 g/mol. The van der Waals surface area contributed by atoms with Crippen molar-refractivity contribution in [3.63, 3.8) is 0 Å². The van der Waals surface area contributed by atoms with Crippen LogP contribution in [0.5, 0.6) is 0 Å². The maximum Gasteiger partial charge on any atom is 0.411 e. The largest absolute Gasteiger partial charge is 0.411 e. The van der Waals surface area contributed by atoms with E-state index in [1.165, 1.54) is 0 Å². The Bertz CT molecular complexity index is 260. The second-order valence-corrected chi connectivity index (χ2v) is 4.44. The van der Waals surface area contributed by atoms with E-state index in [0.717, 1.165) is 19.3 Å². The fourth-order valence-electron chi connectivity index (χ4n) is 1.92. The van der Waals surface area contributed by atoms with Crippen molar-refractivity contribution in [3.8, 4) is 0 Å². The van der Waals surface area contributed by atoms with Crippen LogP contribution in [-0.4, -0.2) is 37.2 Å². The fourth-order valence-corrected chi connectivity index (χ4v) is 2.29. The highest BCUT2D eigenvalue weighted by atomic mass is 35.5. The van der Waals surface area contributed by atoms with Gasteiger partial charge in [-0.25, -0.2) is 0 Å². The predicted octanol–water partition coefficient (Wildman–Crippen LogP) is 2.09. The van der Waals surface area contributed by atoms with Crippen molar-refractivity contribution in [1.29, 1.82) is 0 Å². The van der Waals surface area contributed by atoms with Crippen molar-refractivity contribution in [2.45, 2.75) is 31.5 Å². The van der Waals surface area contributed by atoms with Gasteiger partial charge in [-0.1, -0.05) is 6.42 Å². The Morgan fingerprint density at radius 2 is 2.12 bits per heavy atom. The Labute approximate surface area is 103 Å². The highest BCUT2D eigenvalue weighted by Crippen LogP contribution is 2.26. The Morgan fingerprint density at radius 1 is 1.41 bits per heavy atom. The van der Waals surface area contributed by atoms with Crippen LogP contribution in [0.3, 0.4) is 0 Å². The summed E-state index contributed by atoms with van der Waals surface area (Å²) in [6.45, 7) is -1.96. The van der Waals surface area contributed by atoms with E-state index in [1.807, 2.05) is 0 Å². The molecule has 1 amide bonds. The molecule has 1 rings (SSSR count). The van der Waals surface area contributed by atoms with E-state index in [2.05, 4.69) is 10.1 Å². The number of carbonyl (C=O) groups is 1. The molecule has 1 aliphatic rings. The Hall–Kier alpha value is -0.490. The van der Waals surface area contributed by atoms with Crippen LogP contribution in [0.1, 0.15) is 19.3 Å². The van der Waals surface area contributed by atoms with Gasteiger partial charge in [0.05, 0.1) is 0 Å². The highest BCUT2D eigenvalue weighted by molar-refractivity contribution is 6.18. The quantitative estimate of drug-likeness (QED) is 0.779. The summed E-state index contributed by atoms with van der Waals surface area (Å²) in [5.74, 6) is 0.147. The van der Waals surface area contributed by atoms with Crippen LogP contribution in [0.15, 0.2) is 0 Å². The first-order chi connectivity index (χ1) is 7.92. The van der Waals surface area contributed by atoms with Crippen LogP contribution >= 0.6 is 11.6 Å². The summed E-state index contributed by atoms with van der Waals surface area (Å²) in [6.07, 6.45) is -1.65. The highest BCUT2D eigenvalue weighted by Gasteiger charge is 2.29. The Kier molecular flexibility index (Phi) is 5.52. The third-order valence-electron chi connectivity index (χ3n) is 2.70. The molecular formula is C10H15ClF3NO2. The molecule has 0 aromatic carbocycles. The van der Waals surface area contributed by atoms with E-state index in [-0.39, 0.29) is 12.0 Å². The average Bonchev–Trinajstić information content (AvgIpc) is 2.63. The van der Waals surface area contributed by atoms with E-state index in [0.29, 0.717) is 5.88 Å². The van der Waals surface area contributed by atoms with Crippen LogP contribution in [0.2, 0.25) is 0 Å². The third kappa shape index (κ3) is 5.59. The molecule has 0 spiro atoms. The number of hydrogen-bond acceptors (Lipinski definition) is 2. The summed E-state index contributed by atoms with van der Waals surface area (Å²) >= 11 is 5.72. The molecular weight excluding hydrogens is 259 g/mol. The minimum Gasteiger partial charge on any atom is -0.362 e. The minimum atomic E-state index is -4.40. The maximum absolute atomic E-state index is 11.8. The smallest absolute Gasteiger partial charge is 0.362 e. The number of nitrogens with one attached hydrogen (secondary N) is 1. The second-order valence-electron chi connectivity index (χ2n) is 4.13. The zero-order valence-electron chi connectivity index (χ0n) is 9.23. The molecule has 17 heavy (non-hydrogen) atoms. The predicted molar refractivity (Wildman–Crippen MR) is 56.9 cm³/mol. The summed E-state index contributed by atoms with van der Waals surface area (Å²) in [5.41, 5.74) is 0. The minimum absolute atomic E-state index is 0.0329. The zero-order chi connectivity index (χ0) is 12.9. The van der Waals surface area contributed by atoms with E-state index in [9.17, 15) is 18.0 Å². The van der Waals surface area contributed by atoms with Gasteiger partial charge in [0.25, 0.3) is 0 Å². The van der Waals surface area contributed by atoms with Gasteiger partial charge in [-0.2, -0.15) is 13.2 Å². The topological polar surface area (TPSA) is 38.3 Å². The number of ether oxygens (including phenoxy) is 1. The van der Waals surface area contributed by atoms with Gasteiger partial charge in [0.1, 0.15) is 13.2 Å². The molecule has 100 valence electrons. The van der Waals surface area contributed by atoms with Crippen molar-refractivity contribution in [2.75, 3.05) is 19.1 Å². The number of halogens is 4. The summed E-state index contributed by atoms with van der Waals surface area (Å²) in [6, 6.07) is -0.0329. The van der Waals surface area contributed by atoms with Gasteiger partial charge in [0.2, 0.25) is 5.91 Å². The van der Waals surface area contributed by atoms with E-state index < -0.39 is 25.3 Å². The van der Waals surface area contributed by atoms with Crippen molar-refractivity contribution >= 4 is 17.5 Å². The molecule has 1 fully saturated rings. The van der Waals surface area contributed by atoms with Crippen LogP contribution in [0.4, 0.5) is 13.2 Å². The van der Waals surface area contributed by atoms with E-state index in [1.54, 1.807) is 0 Å². The van der Waals surface area contributed by atoms with Gasteiger partial charge in [-0.3, -0.25) is 4.79 Å². The third-order valence-corrected chi connectivity index (χ3v) is 3.10. The Balaban J connectivity index is 2.21. The molecule has 1 saturated carbocycles. The molecule has 0 radical (unpaired) electrons. The van der Waals surface area contributed by atoms with Gasteiger partial charge in [-0.05, 0) is 18.8 Å². The molecule has 1 N–H and O–H groups in total. The summed E-state index contributed by atoms with van der Waals surface area (Å²) in [4.78, 5) is 11.3. The van der Waals surface area contributed by atoms with E-state index in [4.69, 9.17) is 11.6 Å². The normalized spacial score (nSPS) is 24.9. The molecule has 0 saturated heterocycles. The lowest BCUT2D eigenvalue weighted by Crippen LogP contribution is -2.40. The zero-order valence-corrected chi connectivity index (χ0v) is 9.98. The number of amides is 1.